The van der Waals surface area contributed by atoms with Crippen LogP contribution in [0.25, 0.3) is 0 Å². The Balaban J connectivity index is 1.79. The maximum atomic E-state index is 6.34. The summed E-state index contributed by atoms with van der Waals surface area (Å²) in [6.45, 7) is 0.775. The molecule has 1 aromatic carbocycles. The zero-order valence-electron chi connectivity index (χ0n) is 10.3. The summed E-state index contributed by atoms with van der Waals surface area (Å²) in [4.78, 5) is 0. The Morgan fingerprint density at radius 2 is 2.39 bits per heavy atom. The Labute approximate surface area is 117 Å². The van der Waals surface area contributed by atoms with E-state index in [1.54, 1.807) is 0 Å². The van der Waals surface area contributed by atoms with Crippen molar-refractivity contribution in [3.05, 3.63) is 28.3 Å². The van der Waals surface area contributed by atoms with Crippen LogP contribution in [0.3, 0.4) is 0 Å². The first kappa shape index (κ1) is 12.6. The van der Waals surface area contributed by atoms with Crippen molar-refractivity contribution in [2.45, 2.75) is 25.3 Å². The van der Waals surface area contributed by atoms with Gasteiger partial charge in [-0.25, -0.2) is 0 Å². The van der Waals surface area contributed by atoms with Crippen LogP contribution in [0.4, 0.5) is 0 Å². The second-order valence-corrected chi connectivity index (χ2v) is 6.73. The molecule has 0 aromatic heterocycles. The van der Waals surface area contributed by atoms with Gasteiger partial charge >= 0.3 is 0 Å². The lowest BCUT2D eigenvalue weighted by atomic mass is 9.92. The molecule has 1 aromatic rings. The monoisotopic (exact) mass is 283 g/mol. The highest BCUT2D eigenvalue weighted by molar-refractivity contribution is 7.99. The molecule has 0 bridgehead atoms. The maximum absolute atomic E-state index is 6.34. The molecule has 4 heteroatoms. The summed E-state index contributed by atoms with van der Waals surface area (Å²) in [5, 5.41) is 0.808. The molecular weight excluding hydrogens is 266 g/mol. The highest BCUT2D eigenvalue weighted by atomic mass is 35.5. The van der Waals surface area contributed by atoms with E-state index in [9.17, 15) is 0 Å². The molecule has 0 spiro atoms. The fraction of sp³-hybridized carbons (Fsp3) is 0.571. The molecule has 0 aliphatic carbocycles. The minimum Gasteiger partial charge on any atom is -0.493 e. The lowest BCUT2D eigenvalue weighted by Gasteiger charge is -2.19. The van der Waals surface area contributed by atoms with Gasteiger partial charge in [0.1, 0.15) is 5.75 Å². The minimum atomic E-state index is 0.228. The standard InChI is InChI=1S/C14H18ClNOS/c15-12-5-9-1-3-17-14(9)11(6-12)7-13(16)10-2-4-18-8-10/h5-6,10,13H,1-4,7-8,16H2. The molecule has 18 heavy (non-hydrogen) atoms. The van der Waals surface area contributed by atoms with Crippen molar-refractivity contribution >= 4 is 23.4 Å². The van der Waals surface area contributed by atoms with Crippen LogP contribution < -0.4 is 10.5 Å². The predicted molar refractivity (Wildman–Crippen MR) is 77.8 cm³/mol. The quantitative estimate of drug-likeness (QED) is 0.926. The topological polar surface area (TPSA) is 35.2 Å². The van der Waals surface area contributed by atoms with Crippen molar-refractivity contribution in [2.75, 3.05) is 18.1 Å². The van der Waals surface area contributed by atoms with E-state index in [0.29, 0.717) is 5.92 Å². The van der Waals surface area contributed by atoms with E-state index in [0.717, 1.165) is 30.2 Å². The van der Waals surface area contributed by atoms with E-state index in [2.05, 4.69) is 0 Å². The highest BCUT2D eigenvalue weighted by Crippen LogP contribution is 2.35. The molecule has 2 aliphatic rings. The smallest absolute Gasteiger partial charge is 0.125 e. The summed E-state index contributed by atoms with van der Waals surface area (Å²) in [5.41, 5.74) is 8.78. The number of benzene rings is 1. The van der Waals surface area contributed by atoms with Gasteiger partial charge in [-0.3, -0.25) is 0 Å². The number of hydrogen-bond acceptors (Lipinski definition) is 3. The minimum absolute atomic E-state index is 0.228. The van der Waals surface area contributed by atoms with Crippen LogP contribution in [0.1, 0.15) is 17.5 Å². The zero-order valence-corrected chi connectivity index (χ0v) is 11.9. The average molecular weight is 284 g/mol. The second kappa shape index (κ2) is 5.32. The van der Waals surface area contributed by atoms with Gasteiger partial charge in [0.25, 0.3) is 0 Å². The van der Waals surface area contributed by atoms with Gasteiger partial charge in [-0.05, 0) is 53.5 Å². The maximum Gasteiger partial charge on any atom is 0.125 e. The molecule has 2 N–H and O–H groups in total. The van der Waals surface area contributed by atoms with Gasteiger partial charge in [-0.1, -0.05) is 11.6 Å². The Hall–Kier alpha value is -0.380. The number of halogens is 1. The summed E-state index contributed by atoms with van der Waals surface area (Å²) < 4.78 is 5.73. The van der Waals surface area contributed by atoms with Crippen molar-refractivity contribution < 1.29 is 4.74 Å². The molecule has 0 saturated carbocycles. The van der Waals surface area contributed by atoms with E-state index < -0.39 is 0 Å². The lowest BCUT2D eigenvalue weighted by Crippen LogP contribution is -2.32. The summed E-state index contributed by atoms with van der Waals surface area (Å²) in [6, 6.07) is 4.27. The third-order valence-corrected chi connectivity index (χ3v) is 5.26. The van der Waals surface area contributed by atoms with Gasteiger partial charge < -0.3 is 10.5 Å². The van der Waals surface area contributed by atoms with E-state index in [1.807, 2.05) is 23.9 Å². The summed E-state index contributed by atoms with van der Waals surface area (Å²) in [5.74, 6) is 4.14. The SMILES string of the molecule is NC(Cc1cc(Cl)cc2c1OCC2)C1CCSC1. The number of hydrogen-bond donors (Lipinski definition) is 1. The molecule has 0 radical (unpaired) electrons. The molecule has 2 nitrogen and oxygen atoms in total. The van der Waals surface area contributed by atoms with E-state index in [4.69, 9.17) is 22.1 Å². The van der Waals surface area contributed by atoms with Gasteiger partial charge in [-0.2, -0.15) is 11.8 Å². The fourth-order valence-electron chi connectivity index (χ4n) is 2.81. The molecule has 3 rings (SSSR count). The molecule has 1 saturated heterocycles. The molecule has 0 amide bonds. The number of thioether (sulfide) groups is 1. The predicted octanol–water partition coefficient (Wildman–Crippen LogP) is 2.90. The van der Waals surface area contributed by atoms with Crippen molar-refractivity contribution in [3.63, 3.8) is 0 Å². The lowest BCUT2D eigenvalue weighted by molar-refractivity contribution is 0.350. The van der Waals surface area contributed by atoms with Crippen molar-refractivity contribution in [3.8, 4) is 5.75 Å². The highest BCUT2D eigenvalue weighted by Gasteiger charge is 2.25. The number of fused-ring (bicyclic) bond motifs is 1. The van der Waals surface area contributed by atoms with Gasteiger partial charge in [-0.15, -0.1) is 0 Å². The van der Waals surface area contributed by atoms with Crippen LogP contribution in [0.5, 0.6) is 5.75 Å². The van der Waals surface area contributed by atoms with Crippen LogP contribution in [0.15, 0.2) is 12.1 Å². The average Bonchev–Trinajstić information content (AvgIpc) is 2.98. The third-order valence-electron chi connectivity index (χ3n) is 3.85. The summed E-state index contributed by atoms with van der Waals surface area (Å²) >= 11 is 8.18. The van der Waals surface area contributed by atoms with Gasteiger partial charge in [0.15, 0.2) is 0 Å². The van der Waals surface area contributed by atoms with E-state index >= 15 is 0 Å². The van der Waals surface area contributed by atoms with Crippen LogP contribution >= 0.6 is 23.4 Å². The van der Waals surface area contributed by atoms with Gasteiger partial charge in [0.2, 0.25) is 0 Å². The van der Waals surface area contributed by atoms with Crippen LogP contribution in [-0.2, 0) is 12.8 Å². The second-order valence-electron chi connectivity index (χ2n) is 5.14. The number of nitrogens with two attached hydrogens (primary N) is 1. The van der Waals surface area contributed by atoms with Crippen LogP contribution in [0.2, 0.25) is 5.02 Å². The third kappa shape index (κ3) is 2.49. The van der Waals surface area contributed by atoms with Gasteiger partial charge in [0, 0.05) is 17.5 Å². The molecule has 1 fully saturated rings. The normalized spacial score (nSPS) is 23.8. The molecule has 2 heterocycles. The van der Waals surface area contributed by atoms with Crippen molar-refractivity contribution in [2.24, 2.45) is 11.7 Å². The van der Waals surface area contributed by atoms with E-state index in [-0.39, 0.29) is 6.04 Å². The first-order valence-electron chi connectivity index (χ1n) is 6.51. The summed E-state index contributed by atoms with van der Waals surface area (Å²) in [7, 11) is 0. The van der Waals surface area contributed by atoms with E-state index in [1.165, 1.54) is 29.1 Å². The first-order valence-corrected chi connectivity index (χ1v) is 8.05. The number of ether oxygens (including phenoxy) is 1. The molecule has 98 valence electrons. The van der Waals surface area contributed by atoms with Crippen LogP contribution in [-0.4, -0.2) is 24.2 Å². The molecule has 2 atom stereocenters. The summed E-state index contributed by atoms with van der Waals surface area (Å²) in [6.07, 6.45) is 3.10. The number of rotatable bonds is 3. The Morgan fingerprint density at radius 1 is 1.50 bits per heavy atom. The fourth-order valence-corrected chi connectivity index (χ4v) is 4.42. The van der Waals surface area contributed by atoms with Crippen molar-refractivity contribution in [1.29, 1.82) is 0 Å². The molecular formula is C14H18ClNOS. The van der Waals surface area contributed by atoms with Gasteiger partial charge in [0.05, 0.1) is 6.61 Å². The molecule has 2 unspecified atom stereocenters. The largest absolute Gasteiger partial charge is 0.493 e. The Kier molecular flexibility index (Phi) is 3.73. The molecule has 2 aliphatic heterocycles. The zero-order chi connectivity index (χ0) is 12.5. The van der Waals surface area contributed by atoms with Crippen molar-refractivity contribution in [1.82, 2.24) is 0 Å². The Morgan fingerprint density at radius 3 is 3.17 bits per heavy atom. The van der Waals surface area contributed by atoms with Crippen LogP contribution in [0, 0.1) is 5.92 Å². The first-order chi connectivity index (χ1) is 8.74. The Bertz CT molecular complexity index is 446.